The Kier molecular flexibility index (Phi) is 4.08. The molecule has 0 N–H and O–H groups in total. The number of halogens is 2. The summed E-state index contributed by atoms with van der Waals surface area (Å²) < 4.78 is 24.2. The molecule has 1 aliphatic heterocycles. The zero-order valence-electron chi connectivity index (χ0n) is 11.8. The summed E-state index contributed by atoms with van der Waals surface area (Å²) in [5, 5.41) is 7.87. The molecule has 1 atom stereocenters. The molecule has 0 saturated carbocycles. The first-order valence-electron chi connectivity index (χ1n) is 6.69. The number of morpholine rings is 1. The van der Waals surface area contributed by atoms with E-state index in [2.05, 4.69) is 10.2 Å². The highest BCUT2D eigenvalue weighted by molar-refractivity contribution is 6.31. The highest BCUT2D eigenvalue weighted by Crippen LogP contribution is 2.26. The number of carbonyl (C=O) groups excluding carboxylic acids is 1. The number of aryl methyl sites for hydroxylation is 1. The summed E-state index contributed by atoms with van der Waals surface area (Å²) in [4.78, 5) is 14.2. The molecule has 1 aromatic carbocycles. The second kappa shape index (κ2) is 6.02. The number of nitrogens with zero attached hydrogens (tertiary/aromatic N) is 3. The van der Waals surface area contributed by atoms with Gasteiger partial charge in [0.15, 0.2) is 0 Å². The number of hydrogen-bond acceptors (Lipinski definition) is 5. The first-order valence-corrected chi connectivity index (χ1v) is 7.07. The smallest absolute Gasteiger partial charge is 0.254 e. The van der Waals surface area contributed by atoms with Crippen LogP contribution in [0.3, 0.4) is 0 Å². The Morgan fingerprint density at radius 2 is 2.23 bits per heavy atom. The zero-order valence-corrected chi connectivity index (χ0v) is 12.5. The first kappa shape index (κ1) is 14.9. The van der Waals surface area contributed by atoms with Crippen LogP contribution >= 0.6 is 11.6 Å². The SMILES string of the molecule is Cc1nnc([C@@H]2COCCN2C(=O)c2cc(F)cc(Cl)c2)o1. The Hall–Kier alpha value is -1.99. The summed E-state index contributed by atoms with van der Waals surface area (Å²) in [6, 6.07) is 3.24. The van der Waals surface area contributed by atoms with Crippen LogP contribution in [0.15, 0.2) is 22.6 Å². The summed E-state index contributed by atoms with van der Waals surface area (Å²) in [5.74, 6) is -0.213. The van der Waals surface area contributed by atoms with Crippen molar-refractivity contribution >= 4 is 17.5 Å². The largest absolute Gasteiger partial charge is 0.423 e. The van der Waals surface area contributed by atoms with Gasteiger partial charge in [-0.1, -0.05) is 11.6 Å². The number of amides is 1. The minimum Gasteiger partial charge on any atom is -0.423 e. The molecule has 1 saturated heterocycles. The van der Waals surface area contributed by atoms with Gasteiger partial charge in [0.25, 0.3) is 5.91 Å². The van der Waals surface area contributed by atoms with Crippen molar-refractivity contribution in [2.75, 3.05) is 19.8 Å². The molecule has 1 amide bonds. The van der Waals surface area contributed by atoms with Gasteiger partial charge in [-0.15, -0.1) is 10.2 Å². The average molecular weight is 326 g/mol. The van der Waals surface area contributed by atoms with Gasteiger partial charge in [-0.25, -0.2) is 4.39 Å². The van der Waals surface area contributed by atoms with Gasteiger partial charge in [0.05, 0.1) is 13.2 Å². The standard InChI is InChI=1S/C14H13ClFN3O3/c1-8-17-18-13(22-8)12-7-21-3-2-19(12)14(20)9-4-10(15)6-11(16)5-9/h4-6,12H,2-3,7H2,1H3/t12-/m0/s1. The Morgan fingerprint density at radius 3 is 2.91 bits per heavy atom. The van der Waals surface area contributed by atoms with Crippen molar-refractivity contribution in [2.45, 2.75) is 13.0 Å². The molecule has 0 radical (unpaired) electrons. The Bertz CT molecular complexity index is 686. The van der Waals surface area contributed by atoms with Gasteiger partial charge < -0.3 is 14.1 Å². The predicted molar refractivity (Wildman–Crippen MR) is 75.0 cm³/mol. The van der Waals surface area contributed by atoms with Crippen LogP contribution in [0, 0.1) is 12.7 Å². The Labute approximate surface area is 130 Å². The molecule has 2 aromatic rings. The number of ether oxygens (including phenoxy) is 1. The van der Waals surface area contributed by atoms with E-state index in [0.29, 0.717) is 24.9 Å². The molecule has 1 aromatic heterocycles. The molecule has 3 rings (SSSR count). The third kappa shape index (κ3) is 2.95. The third-order valence-electron chi connectivity index (χ3n) is 3.33. The average Bonchev–Trinajstić information content (AvgIpc) is 2.92. The normalized spacial score (nSPS) is 18.5. The van der Waals surface area contributed by atoms with E-state index in [9.17, 15) is 9.18 Å². The number of hydrogen-bond donors (Lipinski definition) is 0. The fourth-order valence-electron chi connectivity index (χ4n) is 2.34. The van der Waals surface area contributed by atoms with E-state index >= 15 is 0 Å². The van der Waals surface area contributed by atoms with Crippen molar-refractivity contribution < 1.29 is 18.3 Å². The third-order valence-corrected chi connectivity index (χ3v) is 3.54. The van der Waals surface area contributed by atoms with E-state index in [4.69, 9.17) is 20.8 Å². The summed E-state index contributed by atoms with van der Waals surface area (Å²) >= 11 is 5.81. The fourth-order valence-corrected chi connectivity index (χ4v) is 2.56. The van der Waals surface area contributed by atoms with Gasteiger partial charge >= 0.3 is 0 Å². The maximum Gasteiger partial charge on any atom is 0.254 e. The maximum atomic E-state index is 13.5. The van der Waals surface area contributed by atoms with Crippen molar-refractivity contribution in [1.82, 2.24) is 15.1 Å². The molecule has 0 aliphatic carbocycles. The number of benzene rings is 1. The van der Waals surface area contributed by atoms with Gasteiger partial charge in [0.1, 0.15) is 11.9 Å². The Morgan fingerprint density at radius 1 is 1.41 bits per heavy atom. The van der Waals surface area contributed by atoms with Crippen LogP contribution in [0.4, 0.5) is 4.39 Å². The lowest BCUT2D eigenvalue weighted by atomic mass is 10.1. The number of carbonyl (C=O) groups is 1. The van der Waals surface area contributed by atoms with E-state index in [-0.39, 0.29) is 23.1 Å². The summed E-state index contributed by atoms with van der Waals surface area (Å²) in [5.41, 5.74) is 0.174. The van der Waals surface area contributed by atoms with Gasteiger partial charge in [-0.05, 0) is 18.2 Å². The molecule has 6 nitrogen and oxygen atoms in total. The second-order valence-corrected chi connectivity index (χ2v) is 5.34. The van der Waals surface area contributed by atoms with E-state index in [1.54, 1.807) is 6.92 Å². The number of rotatable bonds is 2. The molecular weight excluding hydrogens is 313 g/mol. The van der Waals surface area contributed by atoms with E-state index in [1.807, 2.05) is 0 Å². The molecule has 1 fully saturated rings. The van der Waals surface area contributed by atoms with Crippen molar-refractivity contribution in [3.8, 4) is 0 Å². The Balaban J connectivity index is 1.91. The molecule has 22 heavy (non-hydrogen) atoms. The summed E-state index contributed by atoms with van der Waals surface area (Å²) in [6.45, 7) is 2.65. The van der Waals surface area contributed by atoms with Crippen molar-refractivity contribution in [3.63, 3.8) is 0 Å². The molecule has 0 bridgehead atoms. The van der Waals surface area contributed by atoms with E-state index in [0.717, 1.165) is 12.1 Å². The van der Waals surface area contributed by atoms with Crippen molar-refractivity contribution in [3.05, 3.63) is 46.4 Å². The van der Waals surface area contributed by atoms with Crippen molar-refractivity contribution in [2.24, 2.45) is 0 Å². The van der Waals surface area contributed by atoms with Gasteiger partial charge in [-0.3, -0.25) is 4.79 Å². The molecule has 0 spiro atoms. The summed E-state index contributed by atoms with van der Waals surface area (Å²) in [6.07, 6.45) is 0. The van der Waals surface area contributed by atoms with Crippen LogP contribution in [0.5, 0.6) is 0 Å². The molecular formula is C14H13ClFN3O3. The topological polar surface area (TPSA) is 68.5 Å². The number of aromatic nitrogens is 2. The van der Waals surface area contributed by atoms with Crippen LogP contribution < -0.4 is 0 Å². The maximum absolute atomic E-state index is 13.5. The highest BCUT2D eigenvalue weighted by Gasteiger charge is 2.33. The van der Waals surface area contributed by atoms with Crippen LogP contribution in [0.2, 0.25) is 5.02 Å². The zero-order chi connectivity index (χ0) is 15.7. The van der Waals surface area contributed by atoms with E-state index in [1.165, 1.54) is 11.0 Å². The molecule has 0 unspecified atom stereocenters. The lowest BCUT2D eigenvalue weighted by Gasteiger charge is -2.33. The molecule has 116 valence electrons. The lowest BCUT2D eigenvalue weighted by Crippen LogP contribution is -2.43. The lowest BCUT2D eigenvalue weighted by molar-refractivity contribution is -0.0106. The molecule has 8 heteroatoms. The van der Waals surface area contributed by atoms with Gasteiger partial charge in [-0.2, -0.15) is 0 Å². The quantitative estimate of drug-likeness (QED) is 0.848. The highest BCUT2D eigenvalue weighted by atomic mass is 35.5. The monoisotopic (exact) mass is 325 g/mol. The predicted octanol–water partition coefficient (Wildman–Crippen LogP) is 2.38. The van der Waals surface area contributed by atoms with Crippen LogP contribution in [-0.2, 0) is 4.74 Å². The molecule has 2 heterocycles. The second-order valence-electron chi connectivity index (χ2n) is 4.91. The molecule has 1 aliphatic rings. The fraction of sp³-hybridized carbons (Fsp3) is 0.357. The van der Waals surface area contributed by atoms with E-state index < -0.39 is 11.9 Å². The summed E-state index contributed by atoms with van der Waals surface area (Å²) in [7, 11) is 0. The van der Waals surface area contributed by atoms with Gasteiger partial charge in [0, 0.05) is 24.1 Å². The van der Waals surface area contributed by atoms with Crippen molar-refractivity contribution in [1.29, 1.82) is 0 Å². The van der Waals surface area contributed by atoms with Crippen LogP contribution in [-0.4, -0.2) is 40.8 Å². The first-order chi connectivity index (χ1) is 10.5. The van der Waals surface area contributed by atoms with Crippen LogP contribution in [0.1, 0.15) is 28.2 Å². The van der Waals surface area contributed by atoms with Gasteiger partial charge in [0.2, 0.25) is 11.8 Å². The minimum absolute atomic E-state index is 0.168. The minimum atomic E-state index is -0.561. The van der Waals surface area contributed by atoms with Crippen LogP contribution in [0.25, 0.3) is 0 Å².